The fourth-order valence-corrected chi connectivity index (χ4v) is 9.77. The Morgan fingerprint density at radius 1 is 0.314 bits per heavy atom. The molecule has 0 amide bonds. The molecule has 9 aromatic carbocycles. The first-order chi connectivity index (χ1) is 34.5. The maximum absolute atomic E-state index is 10.6. The molecule has 0 atom stereocenters. The third-order valence-corrected chi connectivity index (χ3v) is 13.1. The summed E-state index contributed by atoms with van der Waals surface area (Å²) in [4.78, 5) is 9.80. The van der Waals surface area contributed by atoms with E-state index in [9.17, 15) is 21.0 Å². The number of para-hydroxylation sites is 3. The molecule has 0 aliphatic heterocycles. The van der Waals surface area contributed by atoms with Gasteiger partial charge >= 0.3 is 0 Å². The molecule has 0 saturated carbocycles. The Hall–Kier alpha value is -10.4. The number of rotatable bonds is 7. The van der Waals surface area contributed by atoms with Crippen LogP contribution in [0.25, 0.3) is 111 Å². The summed E-state index contributed by atoms with van der Waals surface area (Å²) in [6.07, 6.45) is 0. The number of hydrogen-bond donors (Lipinski definition) is 0. The van der Waals surface area contributed by atoms with E-state index in [0.29, 0.717) is 45.0 Å². The monoisotopic (exact) mass is 890 g/mol. The van der Waals surface area contributed by atoms with Crippen molar-refractivity contribution in [1.29, 1.82) is 21.0 Å². The number of benzene rings is 9. The largest absolute Gasteiger partial charge is 0.309 e. The van der Waals surface area contributed by atoms with Gasteiger partial charge in [-0.3, -0.25) is 0 Å². The number of aromatic nitrogens is 4. The Labute approximate surface area is 402 Å². The summed E-state index contributed by atoms with van der Waals surface area (Å²) in [7, 11) is 0. The third kappa shape index (κ3) is 6.90. The maximum atomic E-state index is 10.6. The predicted molar refractivity (Wildman–Crippen MR) is 277 cm³/mol. The van der Waals surface area contributed by atoms with Crippen molar-refractivity contribution in [2.75, 3.05) is 0 Å². The molecule has 8 nitrogen and oxygen atoms in total. The normalized spacial score (nSPS) is 11.1. The van der Waals surface area contributed by atoms with Gasteiger partial charge in [0.15, 0.2) is 5.82 Å². The van der Waals surface area contributed by atoms with Crippen molar-refractivity contribution in [3.8, 4) is 91.8 Å². The minimum atomic E-state index is 0.389. The number of nitrogens with zero attached hydrogens (tertiary/aromatic N) is 8. The summed E-state index contributed by atoms with van der Waals surface area (Å²) >= 11 is 0. The van der Waals surface area contributed by atoms with Crippen LogP contribution in [0.3, 0.4) is 0 Å². The Morgan fingerprint density at radius 3 is 1.24 bits per heavy atom. The summed E-state index contributed by atoms with van der Waals surface area (Å²) in [5.41, 5.74) is 15.1. The van der Waals surface area contributed by atoms with Crippen molar-refractivity contribution in [2.45, 2.75) is 0 Å². The van der Waals surface area contributed by atoms with Gasteiger partial charge in [0.05, 0.1) is 80.0 Å². The van der Waals surface area contributed by atoms with Crippen LogP contribution in [0.2, 0.25) is 0 Å². The summed E-state index contributed by atoms with van der Waals surface area (Å²) in [6.45, 7) is 0. The van der Waals surface area contributed by atoms with Gasteiger partial charge in [0.2, 0.25) is 0 Å². The molecule has 12 aromatic rings. The molecule has 70 heavy (non-hydrogen) atoms. The van der Waals surface area contributed by atoms with Gasteiger partial charge in [-0.1, -0.05) is 103 Å². The molecule has 0 radical (unpaired) electrons. The second-order valence-corrected chi connectivity index (χ2v) is 17.1. The molecule has 0 fully saturated rings. The summed E-state index contributed by atoms with van der Waals surface area (Å²) < 4.78 is 4.64. The van der Waals surface area contributed by atoms with Gasteiger partial charge in [-0.25, -0.2) is 9.97 Å². The van der Waals surface area contributed by atoms with Crippen LogP contribution in [-0.2, 0) is 0 Å². The van der Waals surface area contributed by atoms with E-state index in [1.807, 2.05) is 66.7 Å². The molecule has 0 bridgehead atoms. The molecule has 0 aliphatic carbocycles. The fraction of sp³-hybridized carbons (Fsp3) is 0. The molecular formula is C62H34N8. The van der Waals surface area contributed by atoms with E-state index >= 15 is 0 Å². The first-order valence-electron chi connectivity index (χ1n) is 22.6. The van der Waals surface area contributed by atoms with Gasteiger partial charge < -0.3 is 9.13 Å². The van der Waals surface area contributed by atoms with Crippen LogP contribution in [0.1, 0.15) is 22.3 Å². The van der Waals surface area contributed by atoms with Crippen LogP contribution in [-0.4, -0.2) is 19.1 Å². The van der Waals surface area contributed by atoms with E-state index in [1.165, 1.54) is 21.8 Å². The molecule has 0 spiro atoms. The van der Waals surface area contributed by atoms with Gasteiger partial charge in [0.1, 0.15) is 0 Å². The Bertz CT molecular complexity index is 4080. The summed E-state index contributed by atoms with van der Waals surface area (Å²) in [5, 5.41) is 44.7. The van der Waals surface area contributed by atoms with Crippen molar-refractivity contribution in [3.63, 3.8) is 0 Å². The zero-order valence-corrected chi connectivity index (χ0v) is 37.2. The molecule has 0 N–H and O–H groups in total. The van der Waals surface area contributed by atoms with Crippen molar-refractivity contribution in [1.82, 2.24) is 19.1 Å². The lowest BCUT2D eigenvalue weighted by atomic mass is 9.90. The summed E-state index contributed by atoms with van der Waals surface area (Å²) in [6, 6.07) is 77.3. The van der Waals surface area contributed by atoms with Crippen molar-refractivity contribution < 1.29 is 0 Å². The quantitative estimate of drug-likeness (QED) is 0.157. The maximum Gasteiger partial charge on any atom is 0.160 e. The van der Waals surface area contributed by atoms with Gasteiger partial charge in [-0.05, 0) is 120 Å². The highest BCUT2D eigenvalue weighted by Crippen LogP contribution is 2.39. The van der Waals surface area contributed by atoms with E-state index < -0.39 is 0 Å². The molecule has 3 heterocycles. The van der Waals surface area contributed by atoms with E-state index in [0.717, 1.165) is 66.6 Å². The summed E-state index contributed by atoms with van der Waals surface area (Å²) in [5.74, 6) is 0.479. The molecule has 322 valence electrons. The molecule has 0 unspecified atom stereocenters. The minimum absolute atomic E-state index is 0.389. The fourth-order valence-electron chi connectivity index (χ4n) is 9.77. The van der Waals surface area contributed by atoms with Gasteiger partial charge in [0, 0.05) is 55.2 Å². The van der Waals surface area contributed by atoms with Crippen LogP contribution in [0.4, 0.5) is 0 Å². The highest BCUT2D eigenvalue weighted by atomic mass is 15.0. The molecule has 0 aliphatic rings. The lowest BCUT2D eigenvalue weighted by Gasteiger charge is -2.13. The van der Waals surface area contributed by atoms with Gasteiger partial charge in [0.25, 0.3) is 0 Å². The smallest absolute Gasteiger partial charge is 0.160 e. The standard InChI is InChI=1S/C62H34N8/c63-35-39-13-17-42(18-14-39)55-34-56(68-62(67-55)45-19-15-40(36-64)16-20-45)43-21-23-44(24-22-43)61-47(37-65)31-46(32-48(61)38-66)41-25-27-49(28-26-41)69-59-12-6-3-9-53(59)54-33-50(29-30-60(54)69)70-57-10-4-1-7-51(57)52-8-2-5-11-58(52)70/h1-34H. The predicted octanol–water partition coefficient (Wildman–Crippen LogP) is 14.5. The van der Waals surface area contributed by atoms with Crippen LogP contribution >= 0.6 is 0 Å². The zero-order chi connectivity index (χ0) is 47.3. The average Bonchev–Trinajstić information content (AvgIpc) is 3.95. The van der Waals surface area contributed by atoms with Crippen molar-refractivity contribution >= 4 is 43.6 Å². The topological polar surface area (TPSA) is 131 Å². The average molecular weight is 891 g/mol. The van der Waals surface area contributed by atoms with Crippen molar-refractivity contribution in [3.05, 3.63) is 229 Å². The lowest BCUT2D eigenvalue weighted by Crippen LogP contribution is -1.97. The SMILES string of the molecule is N#Cc1ccc(-c2cc(-c3ccc(-c4c(C#N)cc(-c5ccc(-n6c7ccccc7c7cc(-n8c9ccccc9c9ccccc98)ccc76)cc5)cc4C#N)cc3)nc(-c3ccc(C#N)cc3)n2)cc1. The molecule has 0 saturated heterocycles. The highest BCUT2D eigenvalue weighted by Gasteiger charge is 2.19. The van der Waals surface area contributed by atoms with Crippen LogP contribution in [0.15, 0.2) is 206 Å². The van der Waals surface area contributed by atoms with Gasteiger partial charge in [-0.15, -0.1) is 0 Å². The molecule has 3 aromatic heterocycles. The van der Waals surface area contributed by atoms with E-state index in [1.54, 1.807) is 24.3 Å². The van der Waals surface area contributed by atoms with E-state index in [2.05, 4.69) is 149 Å². The Balaban J connectivity index is 0.882. The number of hydrogen-bond acceptors (Lipinski definition) is 6. The second-order valence-electron chi connectivity index (χ2n) is 17.1. The highest BCUT2D eigenvalue weighted by molar-refractivity contribution is 6.12. The second kappa shape index (κ2) is 16.8. The molecule has 12 rings (SSSR count). The van der Waals surface area contributed by atoms with Crippen molar-refractivity contribution in [2.24, 2.45) is 0 Å². The van der Waals surface area contributed by atoms with Crippen LogP contribution in [0.5, 0.6) is 0 Å². The third-order valence-electron chi connectivity index (χ3n) is 13.1. The number of fused-ring (bicyclic) bond motifs is 6. The lowest BCUT2D eigenvalue weighted by molar-refractivity contribution is 1.17. The zero-order valence-electron chi connectivity index (χ0n) is 37.2. The number of nitriles is 4. The Kier molecular flexibility index (Phi) is 9.86. The van der Waals surface area contributed by atoms with Gasteiger partial charge in [-0.2, -0.15) is 21.0 Å². The molecular weight excluding hydrogens is 857 g/mol. The van der Waals surface area contributed by atoms with Crippen LogP contribution in [0, 0.1) is 45.3 Å². The Morgan fingerprint density at radius 2 is 0.729 bits per heavy atom. The van der Waals surface area contributed by atoms with E-state index in [4.69, 9.17) is 9.97 Å². The minimum Gasteiger partial charge on any atom is -0.309 e. The van der Waals surface area contributed by atoms with E-state index in [-0.39, 0.29) is 0 Å². The first-order valence-corrected chi connectivity index (χ1v) is 22.6. The first kappa shape index (κ1) is 41.1. The molecule has 8 heteroatoms. The van der Waals surface area contributed by atoms with Crippen LogP contribution < -0.4 is 0 Å².